The molecule has 0 bridgehead atoms. The molecule has 0 saturated carbocycles. The van der Waals surface area contributed by atoms with E-state index in [1.165, 1.54) is 6.07 Å². The van der Waals surface area contributed by atoms with Crippen LogP contribution in [0.4, 0.5) is 4.79 Å². The van der Waals surface area contributed by atoms with Crippen LogP contribution in [0, 0.1) is 0 Å². The molecule has 4 N–H and O–H groups in total. The molecule has 3 aromatic carbocycles. The van der Waals surface area contributed by atoms with Crippen LogP contribution < -0.4 is 15.4 Å². The summed E-state index contributed by atoms with van der Waals surface area (Å²) in [5, 5.41) is 14.8. The first kappa shape index (κ1) is 28.5. The molecule has 2 amide bonds. The SMILES string of the molecule is C.CCCNC(=O)NCc1cccc(-c2cccc(S(=O)(=O)NC(CC(=O)O)c3ccccc3)c2)c1. The van der Waals surface area contributed by atoms with Crippen LogP contribution in [0.15, 0.2) is 83.8 Å². The number of hydrogen-bond donors (Lipinski definition) is 4. The molecule has 0 fully saturated rings. The molecule has 0 aliphatic rings. The lowest BCUT2D eigenvalue weighted by molar-refractivity contribution is -0.137. The molecule has 36 heavy (non-hydrogen) atoms. The van der Waals surface area contributed by atoms with Gasteiger partial charge in [-0.2, -0.15) is 0 Å². The first-order valence-electron chi connectivity index (χ1n) is 11.3. The van der Waals surface area contributed by atoms with Gasteiger partial charge in [0.15, 0.2) is 0 Å². The van der Waals surface area contributed by atoms with Gasteiger partial charge < -0.3 is 15.7 Å². The third kappa shape index (κ3) is 8.21. The van der Waals surface area contributed by atoms with Gasteiger partial charge in [-0.05, 0) is 46.9 Å². The minimum atomic E-state index is -4.00. The van der Waals surface area contributed by atoms with E-state index in [9.17, 15) is 23.1 Å². The molecule has 0 aliphatic heterocycles. The Hall–Kier alpha value is -3.69. The number of nitrogens with one attached hydrogen (secondary N) is 3. The fourth-order valence-corrected chi connectivity index (χ4v) is 4.80. The normalized spacial score (nSPS) is 11.7. The van der Waals surface area contributed by atoms with Crippen molar-refractivity contribution in [1.82, 2.24) is 15.4 Å². The Balaban J connectivity index is 0.00000456. The first-order chi connectivity index (χ1) is 16.8. The van der Waals surface area contributed by atoms with Crippen LogP contribution >= 0.6 is 0 Å². The zero-order valence-corrected chi connectivity index (χ0v) is 20.2. The molecule has 0 spiro atoms. The summed E-state index contributed by atoms with van der Waals surface area (Å²) in [6.45, 7) is 2.90. The number of carbonyl (C=O) groups is 2. The predicted octanol–water partition coefficient (Wildman–Crippen LogP) is 4.69. The second-order valence-corrected chi connectivity index (χ2v) is 9.73. The number of rotatable bonds is 11. The number of hydrogen-bond acceptors (Lipinski definition) is 4. The summed E-state index contributed by atoms with van der Waals surface area (Å²) in [5.41, 5.74) is 2.91. The fourth-order valence-electron chi connectivity index (χ4n) is 3.53. The number of carbonyl (C=O) groups excluding carboxylic acids is 1. The Morgan fingerprint density at radius 3 is 2.22 bits per heavy atom. The van der Waals surface area contributed by atoms with E-state index in [4.69, 9.17) is 0 Å². The molecule has 0 heterocycles. The van der Waals surface area contributed by atoms with E-state index in [1.807, 2.05) is 31.2 Å². The summed E-state index contributed by atoms with van der Waals surface area (Å²) in [5.74, 6) is -1.11. The number of carboxylic acids is 1. The second kappa shape index (κ2) is 13.4. The zero-order chi connectivity index (χ0) is 25.3. The monoisotopic (exact) mass is 511 g/mol. The first-order valence-corrected chi connectivity index (χ1v) is 12.8. The van der Waals surface area contributed by atoms with Crippen molar-refractivity contribution in [3.8, 4) is 11.1 Å². The van der Waals surface area contributed by atoms with Gasteiger partial charge in [0, 0.05) is 13.1 Å². The van der Waals surface area contributed by atoms with E-state index in [2.05, 4.69) is 15.4 Å². The van der Waals surface area contributed by atoms with Gasteiger partial charge in [0.2, 0.25) is 10.0 Å². The van der Waals surface area contributed by atoms with Crippen LogP contribution in [0.3, 0.4) is 0 Å². The second-order valence-electron chi connectivity index (χ2n) is 8.02. The topological polar surface area (TPSA) is 125 Å². The summed E-state index contributed by atoms with van der Waals surface area (Å²) in [4.78, 5) is 23.2. The van der Waals surface area contributed by atoms with Crippen molar-refractivity contribution in [3.63, 3.8) is 0 Å². The largest absolute Gasteiger partial charge is 0.481 e. The molecular weight excluding hydrogens is 478 g/mol. The Labute approximate surface area is 212 Å². The van der Waals surface area contributed by atoms with Crippen molar-refractivity contribution >= 4 is 22.0 Å². The molecule has 192 valence electrons. The Bertz CT molecular complexity index is 1260. The third-order valence-electron chi connectivity index (χ3n) is 5.27. The van der Waals surface area contributed by atoms with Crippen LogP contribution in [0.2, 0.25) is 0 Å². The van der Waals surface area contributed by atoms with Crippen LogP contribution in [-0.4, -0.2) is 32.1 Å². The number of sulfonamides is 1. The van der Waals surface area contributed by atoms with E-state index in [0.29, 0.717) is 24.2 Å². The van der Waals surface area contributed by atoms with Crippen molar-refractivity contribution in [2.24, 2.45) is 0 Å². The highest BCUT2D eigenvalue weighted by Crippen LogP contribution is 2.25. The molecule has 0 radical (unpaired) electrons. The van der Waals surface area contributed by atoms with Gasteiger partial charge in [-0.1, -0.05) is 75.0 Å². The van der Waals surface area contributed by atoms with Crippen LogP contribution in [0.1, 0.15) is 44.4 Å². The maximum atomic E-state index is 13.2. The maximum absolute atomic E-state index is 13.2. The lowest BCUT2D eigenvalue weighted by atomic mass is 10.0. The van der Waals surface area contributed by atoms with Crippen molar-refractivity contribution in [1.29, 1.82) is 0 Å². The summed E-state index contributed by atoms with van der Waals surface area (Å²) < 4.78 is 28.8. The number of carboxylic acid groups (broad SMARTS) is 1. The molecule has 0 aliphatic carbocycles. The van der Waals surface area contributed by atoms with Crippen molar-refractivity contribution in [2.45, 2.75) is 44.7 Å². The molecule has 1 unspecified atom stereocenters. The van der Waals surface area contributed by atoms with Crippen molar-refractivity contribution in [3.05, 3.63) is 90.0 Å². The number of amides is 2. The Kier molecular flexibility index (Phi) is 10.6. The summed E-state index contributed by atoms with van der Waals surface area (Å²) in [6, 6.07) is 21.4. The lowest BCUT2D eigenvalue weighted by Crippen LogP contribution is -2.35. The van der Waals surface area contributed by atoms with E-state index >= 15 is 0 Å². The van der Waals surface area contributed by atoms with Crippen LogP contribution in [-0.2, 0) is 21.4 Å². The van der Waals surface area contributed by atoms with Crippen LogP contribution in [0.25, 0.3) is 11.1 Å². The smallest absolute Gasteiger partial charge is 0.315 e. The predicted molar refractivity (Wildman–Crippen MR) is 141 cm³/mol. The lowest BCUT2D eigenvalue weighted by Gasteiger charge is -2.18. The standard InChI is InChI=1S/C26H29N3O5S.CH4/c1-2-14-27-26(32)28-18-19-8-6-11-21(15-19)22-12-7-13-23(16-22)35(33,34)29-24(17-25(30)31)20-9-4-3-5-10-20;/h3-13,15-16,24,29H,2,14,17-18H2,1H3,(H,30,31)(H2,27,28,32);1H4. The Morgan fingerprint density at radius 2 is 1.56 bits per heavy atom. The van der Waals surface area contributed by atoms with Gasteiger partial charge >= 0.3 is 12.0 Å². The highest BCUT2D eigenvalue weighted by molar-refractivity contribution is 7.89. The molecule has 8 nitrogen and oxygen atoms in total. The fraction of sp³-hybridized carbons (Fsp3) is 0.259. The van der Waals surface area contributed by atoms with E-state index < -0.39 is 22.0 Å². The van der Waals surface area contributed by atoms with Gasteiger partial charge in [-0.3, -0.25) is 4.79 Å². The Morgan fingerprint density at radius 1 is 0.889 bits per heavy atom. The van der Waals surface area contributed by atoms with E-state index in [-0.39, 0.29) is 24.8 Å². The third-order valence-corrected chi connectivity index (χ3v) is 6.74. The number of benzene rings is 3. The van der Waals surface area contributed by atoms with E-state index in [0.717, 1.165) is 17.5 Å². The summed E-state index contributed by atoms with van der Waals surface area (Å²) in [6.07, 6.45) is 0.462. The summed E-state index contributed by atoms with van der Waals surface area (Å²) >= 11 is 0. The average Bonchev–Trinajstić information content (AvgIpc) is 2.86. The van der Waals surface area contributed by atoms with E-state index in [1.54, 1.807) is 48.5 Å². The maximum Gasteiger partial charge on any atom is 0.315 e. The summed E-state index contributed by atoms with van der Waals surface area (Å²) in [7, 11) is -4.00. The molecule has 1 atom stereocenters. The highest BCUT2D eigenvalue weighted by atomic mass is 32.2. The van der Waals surface area contributed by atoms with Gasteiger partial charge in [0.1, 0.15) is 0 Å². The van der Waals surface area contributed by atoms with Gasteiger partial charge in [-0.15, -0.1) is 0 Å². The van der Waals surface area contributed by atoms with Crippen molar-refractivity contribution in [2.75, 3.05) is 6.54 Å². The highest BCUT2D eigenvalue weighted by Gasteiger charge is 2.24. The molecule has 0 aromatic heterocycles. The number of aliphatic carboxylic acids is 1. The quantitative estimate of drug-likeness (QED) is 0.297. The van der Waals surface area contributed by atoms with Crippen LogP contribution in [0.5, 0.6) is 0 Å². The molecule has 9 heteroatoms. The molecule has 3 aromatic rings. The van der Waals surface area contributed by atoms with Gasteiger partial charge in [0.05, 0.1) is 17.4 Å². The molecule has 0 saturated heterocycles. The zero-order valence-electron chi connectivity index (χ0n) is 19.4. The minimum absolute atomic E-state index is 0. The number of urea groups is 1. The average molecular weight is 512 g/mol. The molecular formula is C27H33N3O5S. The van der Waals surface area contributed by atoms with Gasteiger partial charge in [0.25, 0.3) is 0 Å². The van der Waals surface area contributed by atoms with Gasteiger partial charge in [-0.25, -0.2) is 17.9 Å². The minimum Gasteiger partial charge on any atom is -0.481 e. The molecule has 3 rings (SSSR count). The van der Waals surface area contributed by atoms with Crippen molar-refractivity contribution < 1.29 is 23.1 Å².